The van der Waals surface area contributed by atoms with Crippen LogP contribution >= 0.6 is 0 Å². The second-order valence-corrected chi connectivity index (χ2v) is 8.88. The third-order valence-corrected chi connectivity index (χ3v) is 4.05. The van der Waals surface area contributed by atoms with Crippen molar-refractivity contribution in [3.8, 4) is 0 Å². The Bertz CT molecular complexity index is 307. The fraction of sp³-hybridized carbons (Fsp3) is 1.00. The van der Waals surface area contributed by atoms with Gasteiger partial charge in [-0.15, -0.1) is 0 Å². The maximum Gasteiger partial charge on any atom is 0.212 e. The van der Waals surface area contributed by atoms with Crippen LogP contribution in [-0.2, 0) is 10.0 Å². The van der Waals surface area contributed by atoms with Crippen molar-refractivity contribution in [2.75, 3.05) is 5.75 Å². The molecule has 0 amide bonds. The van der Waals surface area contributed by atoms with Crippen molar-refractivity contribution in [3.05, 3.63) is 0 Å². The Balaban J connectivity index is 3.82. The minimum Gasteiger partial charge on any atom is -0.212 e. The van der Waals surface area contributed by atoms with Crippen LogP contribution < -0.4 is 4.72 Å². The van der Waals surface area contributed by atoms with Crippen molar-refractivity contribution >= 4 is 10.0 Å². The lowest BCUT2D eigenvalue weighted by Gasteiger charge is -2.20. The normalized spacial score (nSPS) is 14.0. The van der Waals surface area contributed by atoms with Crippen LogP contribution in [0.3, 0.4) is 0 Å². The number of sulfonamides is 1. The van der Waals surface area contributed by atoms with Crippen molar-refractivity contribution in [2.45, 2.75) is 72.8 Å². The molecule has 0 heterocycles. The molecule has 0 saturated carbocycles. The predicted octanol–water partition coefficient (Wildman–Crippen LogP) is 3.31. The Morgan fingerprint density at radius 1 is 0.882 bits per heavy atom. The Morgan fingerprint density at radius 2 is 1.41 bits per heavy atom. The smallest absolute Gasteiger partial charge is 0.212 e. The number of unbranched alkanes of at least 4 members (excludes halogenated alkanes) is 2. The Labute approximate surface area is 107 Å². The monoisotopic (exact) mass is 263 g/mol. The van der Waals surface area contributed by atoms with Crippen molar-refractivity contribution in [2.24, 2.45) is 5.41 Å². The van der Waals surface area contributed by atoms with Crippen LogP contribution in [0.1, 0.15) is 67.2 Å². The lowest BCUT2D eigenvalue weighted by atomic mass is 9.90. The molecule has 0 aliphatic heterocycles. The summed E-state index contributed by atoms with van der Waals surface area (Å²) in [5.74, 6) is 0.244. The van der Waals surface area contributed by atoms with Crippen LogP contribution in [0.4, 0.5) is 0 Å². The predicted molar refractivity (Wildman–Crippen MR) is 74.6 cm³/mol. The van der Waals surface area contributed by atoms with Crippen LogP contribution in [0.25, 0.3) is 0 Å². The first-order valence-electron chi connectivity index (χ1n) is 6.43. The molecule has 0 atom stereocenters. The largest absolute Gasteiger partial charge is 0.212 e. The van der Waals surface area contributed by atoms with E-state index in [-0.39, 0.29) is 11.3 Å². The molecular weight excluding hydrogens is 234 g/mol. The average Bonchev–Trinajstić information content (AvgIpc) is 1.95. The van der Waals surface area contributed by atoms with Gasteiger partial charge in [0.25, 0.3) is 0 Å². The molecule has 0 fully saturated rings. The summed E-state index contributed by atoms with van der Waals surface area (Å²) in [5, 5.41) is 0. The van der Waals surface area contributed by atoms with Gasteiger partial charge in [-0.2, -0.15) is 0 Å². The van der Waals surface area contributed by atoms with E-state index in [0.717, 1.165) is 25.7 Å². The second-order valence-electron chi connectivity index (χ2n) is 7.04. The van der Waals surface area contributed by atoms with E-state index in [4.69, 9.17) is 0 Å². The summed E-state index contributed by atoms with van der Waals surface area (Å²) in [7, 11) is -3.11. The molecule has 104 valence electrons. The van der Waals surface area contributed by atoms with Crippen molar-refractivity contribution in [3.63, 3.8) is 0 Å². The van der Waals surface area contributed by atoms with Crippen LogP contribution in [0.5, 0.6) is 0 Å². The van der Waals surface area contributed by atoms with E-state index in [1.165, 1.54) is 0 Å². The maximum atomic E-state index is 11.7. The SMILES string of the molecule is CC(C)(C)CCCCCS(=O)(=O)NC(C)(C)C. The van der Waals surface area contributed by atoms with Gasteiger partial charge in [0.1, 0.15) is 0 Å². The van der Waals surface area contributed by atoms with Gasteiger partial charge < -0.3 is 0 Å². The number of hydrogen-bond acceptors (Lipinski definition) is 2. The summed E-state index contributed by atoms with van der Waals surface area (Å²) >= 11 is 0. The molecule has 0 bridgehead atoms. The first kappa shape index (κ1) is 16.9. The summed E-state index contributed by atoms with van der Waals surface area (Å²) in [6.07, 6.45) is 4.00. The molecule has 0 saturated heterocycles. The van der Waals surface area contributed by atoms with Crippen LogP contribution in [0.2, 0.25) is 0 Å². The molecule has 17 heavy (non-hydrogen) atoms. The van der Waals surface area contributed by atoms with E-state index in [0.29, 0.717) is 5.41 Å². The quantitative estimate of drug-likeness (QED) is 0.747. The lowest BCUT2D eigenvalue weighted by molar-refractivity contribution is 0.359. The van der Waals surface area contributed by atoms with Crippen molar-refractivity contribution in [1.82, 2.24) is 4.72 Å². The molecular formula is C13H29NO2S. The van der Waals surface area contributed by atoms with E-state index < -0.39 is 10.0 Å². The Hall–Kier alpha value is -0.0900. The van der Waals surface area contributed by atoms with E-state index in [1.807, 2.05) is 20.8 Å². The minimum absolute atomic E-state index is 0.244. The summed E-state index contributed by atoms with van der Waals surface area (Å²) in [4.78, 5) is 0. The third kappa shape index (κ3) is 12.2. The van der Waals surface area contributed by atoms with E-state index >= 15 is 0 Å². The maximum absolute atomic E-state index is 11.7. The van der Waals surface area contributed by atoms with Gasteiger partial charge in [0.05, 0.1) is 5.75 Å². The molecule has 0 rings (SSSR count). The summed E-state index contributed by atoms with van der Waals surface area (Å²) in [5.41, 5.74) is -0.0211. The first-order valence-corrected chi connectivity index (χ1v) is 8.08. The van der Waals surface area contributed by atoms with Gasteiger partial charge in [0.15, 0.2) is 0 Å². The zero-order valence-corrected chi connectivity index (χ0v) is 13.1. The van der Waals surface area contributed by atoms with Crippen LogP contribution in [0.15, 0.2) is 0 Å². The molecule has 1 N–H and O–H groups in total. The highest BCUT2D eigenvalue weighted by Crippen LogP contribution is 2.22. The zero-order chi connectivity index (χ0) is 13.7. The standard InChI is InChI=1S/C13H29NO2S/c1-12(2,3)10-8-7-9-11-17(15,16)14-13(4,5)6/h14H,7-11H2,1-6H3. The van der Waals surface area contributed by atoms with Gasteiger partial charge in [0.2, 0.25) is 10.0 Å². The first-order chi connectivity index (χ1) is 7.41. The molecule has 0 aromatic carbocycles. The third-order valence-electron chi connectivity index (χ3n) is 2.30. The topological polar surface area (TPSA) is 46.2 Å². The zero-order valence-electron chi connectivity index (χ0n) is 12.3. The molecule has 0 aromatic heterocycles. The second kappa shape index (κ2) is 6.19. The highest BCUT2D eigenvalue weighted by atomic mass is 32.2. The number of rotatable bonds is 6. The van der Waals surface area contributed by atoms with Gasteiger partial charge in [-0.25, -0.2) is 13.1 Å². The molecule has 0 aliphatic carbocycles. The van der Waals surface area contributed by atoms with Gasteiger partial charge in [0, 0.05) is 5.54 Å². The fourth-order valence-corrected chi connectivity index (χ4v) is 3.26. The summed E-state index contributed by atoms with van der Waals surface area (Å²) in [6, 6.07) is 0. The highest BCUT2D eigenvalue weighted by Gasteiger charge is 2.19. The molecule has 0 unspecified atom stereocenters. The Morgan fingerprint density at radius 3 is 1.82 bits per heavy atom. The lowest BCUT2D eigenvalue weighted by Crippen LogP contribution is -2.41. The highest BCUT2D eigenvalue weighted by molar-refractivity contribution is 7.89. The van der Waals surface area contributed by atoms with E-state index in [9.17, 15) is 8.42 Å². The molecule has 3 nitrogen and oxygen atoms in total. The van der Waals surface area contributed by atoms with Gasteiger partial charge >= 0.3 is 0 Å². The fourth-order valence-electron chi connectivity index (χ4n) is 1.64. The average molecular weight is 263 g/mol. The number of nitrogens with one attached hydrogen (secondary N) is 1. The van der Waals surface area contributed by atoms with Gasteiger partial charge in [-0.3, -0.25) is 0 Å². The van der Waals surface area contributed by atoms with Crippen LogP contribution in [-0.4, -0.2) is 19.7 Å². The molecule has 0 radical (unpaired) electrons. The van der Waals surface area contributed by atoms with Crippen molar-refractivity contribution in [1.29, 1.82) is 0 Å². The molecule has 0 spiro atoms. The van der Waals surface area contributed by atoms with Crippen LogP contribution in [0, 0.1) is 5.41 Å². The minimum atomic E-state index is -3.11. The van der Waals surface area contributed by atoms with E-state index in [1.54, 1.807) is 0 Å². The van der Waals surface area contributed by atoms with Gasteiger partial charge in [-0.05, 0) is 39.0 Å². The van der Waals surface area contributed by atoms with Gasteiger partial charge in [-0.1, -0.05) is 33.6 Å². The molecule has 0 aliphatic rings. The molecule has 0 aromatic rings. The number of hydrogen-bond donors (Lipinski definition) is 1. The summed E-state index contributed by atoms with van der Waals surface area (Å²) < 4.78 is 26.1. The van der Waals surface area contributed by atoms with E-state index in [2.05, 4.69) is 25.5 Å². The summed E-state index contributed by atoms with van der Waals surface area (Å²) in [6.45, 7) is 12.2. The Kier molecular flexibility index (Phi) is 6.15. The van der Waals surface area contributed by atoms with Crippen molar-refractivity contribution < 1.29 is 8.42 Å². The molecule has 4 heteroatoms.